The van der Waals surface area contributed by atoms with Crippen molar-refractivity contribution in [1.82, 2.24) is 13.7 Å². The van der Waals surface area contributed by atoms with Gasteiger partial charge in [-0.3, -0.25) is 0 Å². The van der Waals surface area contributed by atoms with Crippen molar-refractivity contribution in [3.05, 3.63) is 253 Å². The molecule has 3 heteroatoms. The molecule has 0 saturated heterocycles. The fourth-order valence-electron chi connectivity index (χ4n) is 13.6. The van der Waals surface area contributed by atoms with Crippen LogP contribution in [0.1, 0.15) is 44.0 Å². The summed E-state index contributed by atoms with van der Waals surface area (Å²) in [6, 6.07) is 86.6. The van der Waals surface area contributed by atoms with E-state index < -0.39 is 0 Å². The highest BCUT2D eigenvalue weighted by Gasteiger charge is 2.26. The Morgan fingerprint density at radius 1 is 0.325 bits per heavy atom. The maximum atomic E-state index is 2.49. The molecule has 16 rings (SSSR count). The Bertz CT molecular complexity index is 4810. The first-order valence-electron chi connectivity index (χ1n) is 27.2. The number of aromatic nitrogens is 3. The van der Waals surface area contributed by atoms with Gasteiger partial charge in [-0.25, -0.2) is 0 Å². The minimum Gasteiger partial charge on any atom is -0.310 e. The molecule has 0 atom stereocenters. The number of nitrogens with zero attached hydrogens (tertiary/aromatic N) is 3. The quantitative estimate of drug-likeness (QED) is 0.148. The highest BCUT2D eigenvalue weighted by atomic mass is 15.0. The summed E-state index contributed by atoms with van der Waals surface area (Å²) in [6.45, 7) is 7.10. The lowest BCUT2D eigenvalue weighted by Gasteiger charge is -2.26. The Kier molecular flexibility index (Phi) is 9.43. The van der Waals surface area contributed by atoms with Gasteiger partial charge in [0.25, 0.3) is 0 Å². The number of rotatable bonds is 6. The molecular formula is C74H53N3. The van der Waals surface area contributed by atoms with E-state index in [4.69, 9.17) is 0 Å². The molecule has 0 spiro atoms. The van der Waals surface area contributed by atoms with Crippen LogP contribution in [0.4, 0.5) is 0 Å². The summed E-state index contributed by atoms with van der Waals surface area (Å²) in [6.07, 6.45) is 6.79. The van der Waals surface area contributed by atoms with Crippen LogP contribution < -0.4 is 0 Å². The Morgan fingerprint density at radius 2 is 0.675 bits per heavy atom. The number of allylic oxidation sites excluding steroid dienone is 1. The molecule has 0 amide bonds. The normalized spacial score (nSPS) is 13.0. The Balaban J connectivity index is 0.915. The molecule has 15 aromatic rings. The van der Waals surface area contributed by atoms with Crippen molar-refractivity contribution in [2.24, 2.45) is 0 Å². The lowest BCUT2D eigenvalue weighted by atomic mass is 9.77. The molecule has 3 heterocycles. The zero-order chi connectivity index (χ0) is 51.1. The van der Waals surface area contributed by atoms with Crippen LogP contribution in [0, 0.1) is 0 Å². The van der Waals surface area contributed by atoms with E-state index in [1.807, 2.05) is 0 Å². The summed E-state index contributed by atoms with van der Waals surface area (Å²) in [5.41, 5.74) is 20.9. The third-order valence-corrected chi connectivity index (χ3v) is 17.0. The SMILES string of the molecule is CC(C)(C)c1cc(-c2ccc(-n3c4ccccc4c4ccccc43)cc2)c2ccc3c(-c4ccc(-n5c6ccccc6c6ccccc65)cc4)cc(-c4ccc(-n5c6c(c7ccccc75)CCC=C6)cc4)c4ccc1c2c34. The van der Waals surface area contributed by atoms with Gasteiger partial charge in [0, 0.05) is 49.7 Å². The average molecular weight is 984 g/mol. The number of hydrogen-bond acceptors (Lipinski definition) is 0. The van der Waals surface area contributed by atoms with Gasteiger partial charge in [0.15, 0.2) is 0 Å². The summed E-state index contributed by atoms with van der Waals surface area (Å²) in [7, 11) is 0. The molecule has 77 heavy (non-hydrogen) atoms. The lowest BCUT2D eigenvalue weighted by molar-refractivity contribution is 0.596. The van der Waals surface area contributed by atoms with Gasteiger partial charge in [-0.2, -0.15) is 0 Å². The molecule has 0 bridgehead atoms. The van der Waals surface area contributed by atoms with E-state index in [0.29, 0.717) is 0 Å². The van der Waals surface area contributed by atoms with Gasteiger partial charge in [-0.15, -0.1) is 0 Å². The topological polar surface area (TPSA) is 14.8 Å². The third kappa shape index (κ3) is 6.50. The van der Waals surface area contributed by atoms with Crippen molar-refractivity contribution in [2.75, 3.05) is 0 Å². The van der Waals surface area contributed by atoms with Crippen LogP contribution in [0.5, 0.6) is 0 Å². The van der Waals surface area contributed by atoms with Gasteiger partial charge >= 0.3 is 0 Å². The molecule has 3 aromatic heterocycles. The smallest absolute Gasteiger partial charge is 0.0541 e. The first kappa shape index (κ1) is 43.9. The van der Waals surface area contributed by atoms with E-state index in [2.05, 4.69) is 277 Å². The zero-order valence-electron chi connectivity index (χ0n) is 43.3. The van der Waals surface area contributed by atoms with E-state index in [9.17, 15) is 0 Å². The van der Waals surface area contributed by atoms with Crippen LogP contribution in [-0.2, 0) is 11.8 Å². The molecule has 1 aliphatic carbocycles. The molecule has 0 radical (unpaired) electrons. The average Bonchev–Trinajstić information content (AvgIpc) is 4.26. The van der Waals surface area contributed by atoms with Crippen LogP contribution in [-0.4, -0.2) is 13.7 Å². The fourth-order valence-corrected chi connectivity index (χ4v) is 13.6. The third-order valence-electron chi connectivity index (χ3n) is 17.0. The number of fused-ring (bicyclic) bond motifs is 9. The zero-order valence-corrected chi connectivity index (χ0v) is 43.3. The maximum absolute atomic E-state index is 2.49. The number of para-hydroxylation sites is 5. The summed E-state index contributed by atoms with van der Waals surface area (Å²) in [4.78, 5) is 0. The van der Waals surface area contributed by atoms with E-state index in [-0.39, 0.29) is 5.41 Å². The Morgan fingerprint density at radius 3 is 1.10 bits per heavy atom. The van der Waals surface area contributed by atoms with Crippen LogP contribution >= 0.6 is 0 Å². The van der Waals surface area contributed by atoms with Crippen LogP contribution in [0.15, 0.2) is 237 Å². The summed E-state index contributed by atoms with van der Waals surface area (Å²) >= 11 is 0. The fraction of sp³-hybridized carbons (Fsp3) is 0.0811. The highest BCUT2D eigenvalue weighted by molar-refractivity contribution is 6.30. The van der Waals surface area contributed by atoms with Crippen LogP contribution in [0.3, 0.4) is 0 Å². The molecule has 0 unspecified atom stereocenters. The minimum atomic E-state index is -0.124. The first-order chi connectivity index (χ1) is 37.9. The minimum absolute atomic E-state index is 0.124. The monoisotopic (exact) mass is 983 g/mol. The van der Waals surface area contributed by atoms with Gasteiger partial charge in [0.1, 0.15) is 0 Å². The molecule has 0 N–H and O–H groups in total. The predicted molar refractivity (Wildman–Crippen MR) is 328 cm³/mol. The molecule has 0 aliphatic heterocycles. The number of aryl methyl sites for hydroxylation is 1. The van der Waals surface area contributed by atoms with Gasteiger partial charge < -0.3 is 13.7 Å². The first-order valence-corrected chi connectivity index (χ1v) is 27.2. The molecular weight excluding hydrogens is 931 g/mol. The largest absolute Gasteiger partial charge is 0.310 e. The van der Waals surface area contributed by atoms with E-state index in [0.717, 1.165) is 24.2 Å². The van der Waals surface area contributed by atoms with Crippen molar-refractivity contribution in [2.45, 2.75) is 39.0 Å². The van der Waals surface area contributed by atoms with E-state index >= 15 is 0 Å². The standard InChI is InChI=1S/C74H53N3/c1-74(2,3)65-45-64(48-32-38-51(39-33-48)77-70-26-14-8-20-56(70)57-21-9-15-27-71(57)77)60-41-40-58-62(46-28-34-49(35-29-46)75-66-22-10-4-16-52(66)53-17-5-11-23-67(53)75)44-63(59-42-43-61(65)73(60)72(58)59)47-30-36-50(37-31-47)76-68-24-12-6-18-54(68)55-19-7-13-25-69(55)76/h4-6,8-18,20-45H,7,19H2,1-3H3. The summed E-state index contributed by atoms with van der Waals surface area (Å²) in [5.74, 6) is 0. The van der Waals surface area contributed by atoms with Gasteiger partial charge in [0.2, 0.25) is 0 Å². The van der Waals surface area contributed by atoms with Crippen molar-refractivity contribution in [1.29, 1.82) is 0 Å². The molecule has 3 nitrogen and oxygen atoms in total. The Hall–Kier alpha value is -9.44. The van der Waals surface area contributed by atoms with Crippen molar-refractivity contribution < 1.29 is 0 Å². The predicted octanol–water partition coefficient (Wildman–Crippen LogP) is 20.0. The maximum Gasteiger partial charge on any atom is 0.0541 e. The van der Waals surface area contributed by atoms with Crippen LogP contribution in [0.2, 0.25) is 0 Å². The van der Waals surface area contributed by atoms with Crippen LogP contribution in [0.25, 0.3) is 143 Å². The second-order valence-electron chi connectivity index (χ2n) is 22.3. The van der Waals surface area contributed by atoms with E-state index in [1.165, 1.54) is 143 Å². The molecule has 1 aliphatic rings. The molecule has 0 saturated carbocycles. The molecule has 0 fully saturated rings. The van der Waals surface area contributed by atoms with Crippen molar-refractivity contribution in [3.63, 3.8) is 0 Å². The van der Waals surface area contributed by atoms with Crippen molar-refractivity contribution >= 4 is 92.9 Å². The van der Waals surface area contributed by atoms with Gasteiger partial charge in [-0.1, -0.05) is 179 Å². The number of hydrogen-bond donors (Lipinski definition) is 0. The second kappa shape index (κ2) is 16.5. The van der Waals surface area contributed by atoms with Gasteiger partial charge in [-0.05, 0) is 180 Å². The summed E-state index contributed by atoms with van der Waals surface area (Å²) in [5, 5.41) is 14.2. The van der Waals surface area contributed by atoms with Crippen molar-refractivity contribution in [3.8, 4) is 50.4 Å². The summed E-state index contributed by atoms with van der Waals surface area (Å²) < 4.78 is 7.29. The van der Waals surface area contributed by atoms with Gasteiger partial charge in [0.05, 0.1) is 27.6 Å². The molecule has 12 aromatic carbocycles. The highest BCUT2D eigenvalue weighted by Crippen LogP contribution is 2.49. The lowest BCUT2D eigenvalue weighted by Crippen LogP contribution is -2.12. The second-order valence-corrected chi connectivity index (χ2v) is 22.3. The van der Waals surface area contributed by atoms with E-state index in [1.54, 1.807) is 0 Å². The number of benzene rings is 12. The Labute approximate surface area is 447 Å². The molecule has 364 valence electrons.